The van der Waals surface area contributed by atoms with Crippen LogP contribution >= 0.6 is 0 Å². The minimum Gasteiger partial charge on any atom is -0.384 e. The van der Waals surface area contributed by atoms with Crippen LogP contribution in [0.2, 0.25) is 0 Å². The topological polar surface area (TPSA) is 55.0 Å². The third-order valence-corrected chi connectivity index (χ3v) is 4.80. The minimum atomic E-state index is 0.323. The zero-order chi connectivity index (χ0) is 14.1. The Hall–Kier alpha value is -1.32. The lowest BCUT2D eigenvalue weighted by atomic mass is 9.78. The molecule has 110 valence electrons. The molecule has 0 unspecified atom stereocenters. The Morgan fingerprint density at radius 1 is 1.15 bits per heavy atom. The fourth-order valence-corrected chi connectivity index (χ4v) is 3.79. The summed E-state index contributed by atoms with van der Waals surface area (Å²) in [4.78, 5) is 11.7. The predicted molar refractivity (Wildman–Crippen MR) is 82.9 cm³/mol. The highest BCUT2D eigenvalue weighted by molar-refractivity contribution is 5.48. The number of aromatic nitrogens is 2. The fraction of sp³-hybridized carbons (Fsp3) is 0.750. The van der Waals surface area contributed by atoms with E-state index in [1.165, 1.54) is 38.5 Å². The summed E-state index contributed by atoms with van der Waals surface area (Å²) in [6, 6.07) is 2.63. The number of nitrogen functional groups attached to an aromatic ring is 1. The second-order valence-electron chi connectivity index (χ2n) is 6.61. The molecule has 2 atom stereocenters. The number of anilines is 2. The van der Waals surface area contributed by atoms with Crippen molar-refractivity contribution in [2.45, 2.75) is 64.3 Å². The molecule has 2 aliphatic rings. The number of hydrogen-bond donors (Lipinski definition) is 1. The largest absolute Gasteiger partial charge is 0.384 e. The van der Waals surface area contributed by atoms with Crippen molar-refractivity contribution < 1.29 is 0 Å². The molecule has 4 nitrogen and oxygen atoms in total. The molecule has 2 heterocycles. The van der Waals surface area contributed by atoms with Crippen LogP contribution in [-0.2, 0) is 0 Å². The number of hydrogen-bond acceptors (Lipinski definition) is 4. The molecule has 1 aliphatic carbocycles. The number of rotatable bonds is 2. The summed E-state index contributed by atoms with van der Waals surface area (Å²) in [5, 5.41) is 0. The lowest BCUT2D eigenvalue weighted by molar-refractivity contribution is 0.242. The van der Waals surface area contributed by atoms with E-state index in [9.17, 15) is 0 Å². The van der Waals surface area contributed by atoms with Gasteiger partial charge in [0.15, 0.2) is 0 Å². The van der Waals surface area contributed by atoms with Gasteiger partial charge in [-0.05, 0) is 31.6 Å². The Kier molecular flexibility index (Phi) is 3.81. The van der Waals surface area contributed by atoms with Gasteiger partial charge in [0.1, 0.15) is 17.5 Å². The molecular formula is C16H26N4. The van der Waals surface area contributed by atoms with E-state index >= 15 is 0 Å². The van der Waals surface area contributed by atoms with Crippen molar-refractivity contribution in [3.05, 3.63) is 11.9 Å². The third kappa shape index (κ3) is 2.60. The van der Waals surface area contributed by atoms with Gasteiger partial charge in [-0.15, -0.1) is 0 Å². The molecule has 0 radical (unpaired) electrons. The smallest absolute Gasteiger partial charge is 0.135 e. The first-order valence-corrected chi connectivity index (χ1v) is 8.06. The maximum Gasteiger partial charge on any atom is 0.135 e. The van der Waals surface area contributed by atoms with Crippen molar-refractivity contribution in [2.75, 3.05) is 17.2 Å². The van der Waals surface area contributed by atoms with Crippen LogP contribution in [-0.4, -0.2) is 22.6 Å². The lowest BCUT2D eigenvalue weighted by Gasteiger charge is -2.44. The molecular weight excluding hydrogens is 248 g/mol. The molecule has 1 saturated carbocycles. The summed E-state index contributed by atoms with van der Waals surface area (Å²) >= 11 is 0. The van der Waals surface area contributed by atoms with Crippen molar-refractivity contribution >= 4 is 11.6 Å². The van der Waals surface area contributed by atoms with Crippen LogP contribution in [0.5, 0.6) is 0 Å². The molecule has 0 aromatic carbocycles. The first-order valence-electron chi connectivity index (χ1n) is 8.06. The molecule has 1 aromatic heterocycles. The highest BCUT2D eigenvalue weighted by Gasteiger charge is 2.34. The molecule has 4 heteroatoms. The zero-order valence-corrected chi connectivity index (χ0v) is 12.7. The van der Waals surface area contributed by atoms with E-state index in [-0.39, 0.29) is 0 Å². The standard InChI is InChI=1S/C16H26N4/c1-11(2)16-18-14(17)10-15(19-16)20-9-5-7-12-6-3-4-8-13(12)20/h10-13H,3-9H2,1-2H3,(H2,17,18,19)/t12-,13-/m1/s1. The van der Waals surface area contributed by atoms with E-state index in [0.29, 0.717) is 17.8 Å². The first-order chi connectivity index (χ1) is 9.65. The SMILES string of the molecule is CC(C)c1nc(N)cc(N2CCC[C@H]3CCCC[C@H]32)n1. The van der Waals surface area contributed by atoms with Crippen molar-refractivity contribution in [1.82, 2.24) is 9.97 Å². The number of fused-ring (bicyclic) bond motifs is 1. The van der Waals surface area contributed by atoms with Gasteiger partial charge in [-0.2, -0.15) is 0 Å². The first kappa shape index (κ1) is 13.7. The highest BCUT2D eigenvalue weighted by atomic mass is 15.2. The maximum atomic E-state index is 5.99. The van der Waals surface area contributed by atoms with Gasteiger partial charge in [0, 0.05) is 24.6 Å². The van der Waals surface area contributed by atoms with E-state index in [2.05, 4.69) is 23.7 Å². The summed E-state index contributed by atoms with van der Waals surface area (Å²) in [5.74, 6) is 3.72. The number of piperidine rings is 1. The third-order valence-electron chi connectivity index (χ3n) is 4.80. The van der Waals surface area contributed by atoms with Gasteiger partial charge < -0.3 is 10.6 Å². The van der Waals surface area contributed by atoms with Gasteiger partial charge in [-0.3, -0.25) is 0 Å². The Morgan fingerprint density at radius 2 is 1.90 bits per heavy atom. The van der Waals surface area contributed by atoms with E-state index in [4.69, 9.17) is 10.7 Å². The molecule has 20 heavy (non-hydrogen) atoms. The van der Waals surface area contributed by atoms with Gasteiger partial charge in [-0.1, -0.05) is 26.7 Å². The summed E-state index contributed by atoms with van der Waals surface area (Å²) < 4.78 is 0. The van der Waals surface area contributed by atoms with E-state index < -0.39 is 0 Å². The van der Waals surface area contributed by atoms with Crippen molar-refractivity contribution in [3.8, 4) is 0 Å². The van der Waals surface area contributed by atoms with E-state index in [0.717, 1.165) is 24.1 Å². The van der Waals surface area contributed by atoms with Crippen LogP contribution in [0.1, 0.15) is 64.1 Å². The minimum absolute atomic E-state index is 0.323. The maximum absolute atomic E-state index is 5.99. The number of nitrogens with zero attached hydrogens (tertiary/aromatic N) is 3. The van der Waals surface area contributed by atoms with E-state index in [1.54, 1.807) is 0 Å². The molecule has 1 aromatic rings. The molecule has 3 rings (SSSR count). The second-order valence-corrected chi connectivity index (χ2v) is 6.61. The van der Waals surface area contributed by atoms with Gasteiger partial charge >= 0.3 is 0 Å². The van der Waals surface area contributed by atoms with Crippen LogP contribution in [0, 0.1) is 5.92 Å². The summed E-state index contributed by atoms with van der Waals surface area (Å²) in [6.45, 7) is 5.37. The number of nitrogens with two attached hydrogens (primary N) is 1. The van der Waals surface area contributed by atoms with Crippen molar-refractivity contribution in [1.29, 1.82) is 0 Å². The van der Waals surface area contributed by atoms with Crippen LogP contribution in [0.4, 0.5) is 11.6 Å². The Labute approximate surface area is 121 Å². The Morgan fingerprint density at radius 3 is 2.70 bits per heavy atom. The molecule has 1 aliphatic heterocycles. The van der Waals surface area contributed by atoms with Crippen LogP contribution in [0.3, 0.4) is 0 Å². The predicted octanol–water partition coefficient (Wildman–Crippen LogP) is 3.34. The second kappa shape index (κ2) is 5.58. The van der Waals surface area contributed by atoms with Crippen LogP contribution < -0.4 is 10.6 Å². The monoisotopic (exact) mass is 274 g/mol. The summed E-state index contributed by atoms with van der Waals surface area (Å²) in [5.41, 5.74) is 5.99. The molecule has 1 saturated heterocycles. The van der Waals surface area contributed by atoms with Crippen LogP contribution in [0.25, 0.3) is 0 Å². The quantitative estimate of drug-likeness (QED) is 0.898. The van der Waals surface area contributed by atoms with Crippen LogP contribution in [0.15, 0.2) is 6.07 Å². The normalized spacial score (nSPS) is 26.6. The highest BCUT2D eigenvalue weighted by Crippen LogP contribution is 2.37. The Balaban J connectivity index is 1.90. The summed E-state index contributed by atoms with van der Waals surface area (Å²) in [7, 11) is 0. The summed E-state index contributed by atoms with van der Waals surface area (Å²) in [6.07, 6.45) is 8.12. The molecule has 2 N–H and O–H groups in total. The molecule has 2 fully saturated rings. The van der Waals surface area contributed by atoms with Gasteiger partial charge in [-0.25, -0.2) is 9.97 Å². The zero-order valence-electron chi connectivity index (χ0n) is 12.7. The molecule has 0 bridgehead atoms. The average molecular weight is 274 g/mol. The molecule has 0 amide bonds. The average Bonchev–Trinajstić information content (AvgIpc) is 2.46. The van der Waals surface area contributed by atoms with Crippen molar-refractivity contribution in [2.24, 2.45) is 5.92 Å². The van der Waals surface area contributed by atoms with Gasteiger partial charge in [0.05, 0.1) is 0 Å². The lowest BCUT2D eigenvalue weighted by Crippen LogP contribution is -2.47. The van der Waals surface area contributed by atoms with Gasteiger partial charge in [0.25, 0.3) is 0 Å². The molecule has 0 spiro atoms. The fourth-order valence-electron chi connectivity index (χ4n) is 3.79. The van der Waals surface area contributed by atoms with Crippen molar-refractivity contribution in [3.63, 3.8) is 0 Å². The van der Waals surface area contributed by atoms with Gasteiger partial charge in [0.2, 0.25) is 0 Å². The van der Waals surface area contributed by atoms with E-state index in [1.807, 2.05) is 6.07 Å². The Bertz CT molecular complexity index is 470.